The molecule has 2 aromatic heterocycles. The number of pyridine rings is 1. The number of aryl methyl sites for hydroxylation is 1. The van der Waals surface area contributed by atoms with Crippen LogP contribution in [0.25, 0.3) is 11.0 Å². The van der Waals surface area contributed by atoms with Crippen molar-refractivity contribution in [2.24, 2.45) is 7.05 Å². The van der Waals surface area contributed by atoms with Gasteiger partial charge in [-0.1, -0.05) is 6.07 Å². The number of ether oxygens (including phenoxy) is 1. The SMILES string of the molecule is Cn1c(=O)[nH]c2cc(C(=O)NCc3ccc(Oc4ccc(F)cc4)nc3)ccc21. The maximum atomic E-state index is 12.9. The van der Waals surface area contributed by atoms with Crippen molar-refractivity contribution in [3.05, 3.63) is 88.2 Å². The van der Waals surface area contributed by atoms with Gasteiger partial charge in [-0.15, -0.1) is 0 Å². The molecule has 146 valence electrons. The lowest BCUT2D eigenvalue weighted by molar-refractivity contribution is 0.0951. The Hall–Kier alpha value is -3.94. The van der Waals surface area contributed by atoms with Gasteiger partial charge in [-0.3, -0.25) is 9.36 Å². The Balaban J connectivity index is 1.39. The predicted molar refractivity (Wildman–Crippen MR) is 105 cm³/mol. The zero-order valence-electron chi connectivity index (χ0n) is 15.5. The maximum absolute atomic E-state index is 12.9. The number of benzene rings is 2. The third kappa shape index (κ3) is 4.01. The third-order valence-corrected chi connectivity index (χ3v) is 4.45. The summed E-state index contributed by atoms with van der Waals surface area (Å²) in [6.45, 7) is 0.284. The van der Waals surface area contributed by atoms with E-state index in [0.717, 1.165) is 11.1 Å². The maximum Gasteiger partial charge on any atom is 0.326 e. The number of aromatic nitrogens is 3. The lowest BCUT2D eigenvalue weighted by atomic mass is 10.2. The second kappa shape index (κ2) is 7.59. The number of hydrogen-bond acceptors (Lipinski definition) is 4. The molecule has 0 aliphatic heterocycles. The molecule has 1 amide bonds. The number of imidazole rings is 1. The van der Waals surface area contributed by atoms with Crippen LogP contribution < -0.4 is 15.7 Å². The Morgan fingerprint density at radius 3 is 2.69 bits per heavy atom. The van der Waals surface area contributed by atoms with Crippen molar-refractivity contribution in [3.8, 4) is 11.6 Å². The molecule has 2 aromatic carbocycles. The van der Waals surface area contributed by atoms with Gasteiger partial charge in [0.1, 0.15) is 11.6 Å². The van der Waals surface area contributed by atoms with Crippen LogP contribution in [0.15, 0.2) is 65.6 Å². The fraction of sp³-hybridized carbons (Fsp3) is 0.0952. The largest absolute Gasteiger partial charge is 0.439 e. The Morgan fingerprint density at radius 1 is 1.17 bits per heavy atom. The van der Waals surface area contributed by atoms with Gasteiger partial charge in [0.15, 0.2) is 0 Å². The first-order chi connectivity index (χ1) is 14.0. The number of nitrogens with zero attached hydrogens (tertiary/aromatic N) is 2. The fourth-order valence-electron chi connectivity index (χ4n) is 2.86. The number of carbonyl (C=O) groups is 1. The van der Waals surface area contributed by atoms with E-state index in [9.17, 15) is 14.0 Å². The highest BCUT2D eigenvalue weighted by Gasteiger charge is 2.10. The Bertz CT molecular complexity index is 1230. The van der Waals surface area contributed by atoms with Crippen LogP contribution in [0.5, 0.6) is 11.6 Å². The molecule has 0 aliphatic carbocycles. The van der Waals surface area contributed by atoms with E-state index in [2.05, 4.69) is 15.3 Å². The molecule has 0 unspecified atom stereocenters. The molecule has 4 rings (SSSR count). The van der Waals surface area contributed by atoms with E-state index in [-0.39, 0.29) is 24.0 Å². The first kappa shape index (κ1) is 18.4. The van der Waals surface area contributed by atoms with Gasteiger partial charge in [0.25, 0.3) is 5.91 Å². The Labute approximate surface area is 164 Å². The van der Waals surface area contributed by atoms with E-state index in [1.54, 1.807) is 43.6 Å². The van der Waals surface area contributed by atoms with Crippen molar-refractivity contribution in [3.63, 3.8) is 0 Å². The predicted octanol–water partition coefficient (Wildman–Crippen LogP) is 3.12. The summed E-state index contributed by atoms with van der Waals surface area (Å²) >= 11 is 0. The zero-order chi connectivity index (χ0) is 20.4. The lowest BCUT2D eigenvalue weighted by Crippen LogP contribution is -2.22. The molecule has 0 atom stereocenters. The highest BCUT2D eigenvalue weighted by molar-refractivity contribution is 5.97. The number of H-pyrrole nitrogens is 1. The van der Waals surface area contributed by atoms with E-state index < -0.39 is 0 Å². The van der Waals surface area contributed by atoms with Gasteiger partial charge in [0.05, 0.1) is 11.0 Å². The molecule has 0 spiro atoms. The van der Waals surface area contributed by atoms with Crippen LogP contribution in [0.1, 0.15) is 15.9 Å². The molecule has 0 saturated carbocycles. The second-order valence-electron chi connectivity index (χ2n) is 6.46. The molecule has 4 aromatic rings. The van der Waals surface area contributed by atoms with Gasteiger partial charge in [-0.2, -0.15) is 0 Å². The molecule has 0 bridgehead atoms. The minimum absolute atomic E-state index is 0.230. The summed E-state index contributed by atoms with van der Waals surface area (Å²) in [6, 6.07) is 14.1. The van der Waals surface area contributed by atoms with Gasteiger partial charge < -0.3 is 15.0 Å². The second-order valence-corrected chi connectivity index (χ2v) is 6.46. The molecule has 2 heterocycles. The van der Waals surface area contributed by atoms with Gasteiger partial charge in [0.2, 0.25) is 5.88 Å². The molecule has 8 heteroatoms. The fourth-order valence-corrected chi connectivity index (χ4v) is 2.86. The summed E-state index contributed by atoms with van der Waals surface area (Å²) in [4.78, 5) is 31.0. The first-order valence-electron chi connectivity index (χ1n) is 8.85. The average Bonchev–Trinajstić information content (AvgIpc) is 3.02. The first-order valence-corrected chi connectivity index (χ1v) is 8.85. The van der Waals surface area contributed by atoms with Gasteiger partial charge in [-0.05, 0) is 48.0 Å². The summed E-state index contributed by atoms with van der Waals surface area (Å²) < 4.78 is 19.9. The number of rotatable bonds is 5. The van der Waals surface area contributed by atoms with E-state index in [0.29, 0.717) is 22.7 Å². The van der Waals surface area contributed by atoms with Crippen LogP contribution in [0, 0.1) is 5.82 Å². The number of carbonyl (C=O) groups excluding carboxylic acids is 1. The monoisotopic (exact) mass is 392 g/mol. The molecule has 0 aliphatic rings. The van der Waals surface area contributed by atoms with Gasteiger partial charge in [-0.25, -0.2) is 14.2 Å². The molecule has 2 N–H and O–H groups in total. The van der Waals surface area contributed by atoms with Crippen LogP contribution in [0.3, 0.4) is 0 Å². The van der Waals surface area contributed by atoms with E-state index >= 15 is 0 Å². The van der Waals surface area contributed by atoms with E-state index in [4.69, 9.17) is 4.74 Å². The quantitative estimate of drug-likeness (QED) is 0.546. The number of halogens is 1. The highest BCUT2D eigenvalue weighted by atomic mass is 19.1. The van der Waals surface area contributed by atoms with Crippen molar-refractivity contribution in [2.75, 3.05) is 0 Å². The molecule has 29 heavy (non-hydrogen) atoms. The van der Waals surface area contributed by atoms with Gasteiger partial charge >= 0.3 is 5.69 Å². The summed E-state index contributed by atoms with van der Waals surface area (Å²) in [6.07, 6.45) is 1.59. The van der Waals surface area contributed by atoms with Crippen LogP contribution in [-0.2, 0) is 13.6 Å². The van der Waals surface area contributed by atoms with Crippen molar-refractivity contribution < 1.29 is 13.9 Å². The number of nitrogens with one attached hydrogen (secondary N) is 2. The number of amides is 1. The summed E-state index contributed by atoms with van der Waals surface area (Å²) in [5.41, 5.74) is 2.34. The summed E-state index contributed by atoms with van der Waals surface area (Å²) in [5.74, 6) is 0.247. The molecular weight excluding hydrogens is 375 g/mol. The molecular formula is C21H17FN4O3. The third-order valence-electron chi connectivity index (χ3n) is 4.45. The van der Waals surface area contributed by atoms with Crippen molar-refractivity contribution in [1.29, 1.82) is 0 Å². The van der Waals surface area contributed by atoms with Crippen LogP contribution in [0.2, 0.25) is 0 Å². The standard InChI is InChI=1S/C21H17FN4O3/c1-26-18-8-3-14(10-17(18)25-21(26)28)20(27)24-12-13-2-9-19(23-11-13)29-16-6-4-15(22)5-7-16/h2-11H,12H2,1H3,(H,24,27)(H,25,28). The Morgan fingerprint density at radius 2 is 1.97 bits per heavy atom. The molecule has 0 radical (unpaired) electrons. The number of aromatic amines is 1. The normalized spacial score (nSPS) is 10.8. The van der Waals surface area contributed by atoms with Crippen LogP contribution >= 0.6 is 0 Å². The summed E-state index contributed by atoms with van der Waals surface area (Å²) in [5, 5.41) is 2.82. The number of fused-ring (bicyclic) bond motifs is 1. The molecule has 0 fully saturated rings. The van der Waals surface area contributed by atoms with E-state index in [1.807, 2.05) is 0 Å². The van der Waals surface area contributed by atoms with Crippen molar-refractivity contribution in [2.45, 2.75) is 6.54 Å². The van der Waals surface area contributed by atoms with Gasteiger partial charge in [0, 0.05) is 31.4 Å². The minimum Gasteiger partial charge on any atom is -0.439 e. The topological polar surface area (TPSA) is 89.0 Å². The average molecular weight is 392 g/mol. The van der Waals surface area contributed by atoms with Crippen LogP contribution in [0.4, 0.5) is 4.39 Å². The number of hydrogen-bond donors (Lipinski definition) is 2. The smallest absolute Gasteiger partial charge is 0.326 e. The van der Waals surface area contributed by atoms with E-state index in [1.165, 1.54) is 28.8 Å². The Kier molecular flexibility index (Phi) is 4.82. The zero-order valence-corrected chi connectivity index (χ0v) is 15.5. The van der Waals surface area contributed by atoms with Crippen molar-refractivity contribution >= 4 is 16.9 Å². The van der Waals surface area contributed by atoms with Crippen molar-refractivity contribution in [1.82, 2.24) is 19.9 Å². The highest BCUT2D eigenvalue weighted by Crippen LogP contribution is 2.19. The van der Waals surface area contributed by atoms with Crippen LogP contribution in [-0.4, -0.2) is 20.4 Å². The summed E-state index contributed by atoms with van der Waals surface area (Å²) in [7, 11) is 1.66. The molecule has 7 nitrogen and oxygen atoms in total. The lowest BCUT2D eigenvalue weighted by Gasteiger charge is -2.07. The molecule has 0 saturated heterocycles. The minimum atomic E-state index is -0.339.